The monoisotopic (exact) mass is 338 g/mol. The van der Waals surface area contributed by atoms with E-state index in [1.165, 1.54) is 23.5 Å². The maximum atomic E-state index is 12.2. The molecule has 0 spiro atoms. The maximum absolute atomic E-state index is 12.2. The zero-order valence-electron chi connectivity index (χ0n) is 12.2. The van der Waals surface area contributed by atoms with E-state index in [0.29, 0.717) is 12.1 Å². The molecule has 1 amide bonds. The van der Waals surface area contributed by atoms with E-state index in [4.69, 9.17) is 0 Å². The first-order chi connectivity index (χ1) is 10.5. The van der Waals surface area contributed by atoms with Crippen molar-refractivity contribution in [1.29, 1.82) is 0 Å². The Kier molecular flexibility index (Phi) is 5.70. The molecule has 0 bridgehead atoms. The number of benzene rings is 1. The lowest BCUT2D eigenvalue weighted by atomic mass is 10.3. The van der Waals surface area contributed by atoms with Crippen molar-refractivity contribution in [3.05, 3.63) is 46.7 Å². The molecule has 1 aromatic carbocycles. The van der Waals surface area contributed by atoms with E-state index in [0.717, 1.165) is 12.0 Å². The van der Waals surface area contributed by atoms with Gasteiger partial charge in [-0.1, -0.05) is 6.92 Å². The highest BCUT2D eigenvalue weighted by molar-refractivity contribution is 7.89. The third kappa shape index (κ3) is 4.66. The third-order valence-electron chi connectivity index (χ3n) is 2.97. The standard InChI is InChI=1S/C15H18N2O3S2/c1-2-3-15(18)17-13-4-6-14(7-5-13)22(19,20)16-10-12-8-9-21-11-12/h4-9,11,16H,2-3,10H2,1H3,(H,17,18). The fourth-order valence-corrected chi connectivity index (χ4v) is 3.51. The lowest BCUT2D eigenvalue weighted by Gasteiger charge is -2.08. The molecule has 0 unspecified atom stereocenters. The van der Waals surface area contributed by atoms with Crippen LogP contribution in [0.4, 0.5) is 5.69 Å². The molecular formula is C15H18N2O3S2. The van der Waals surface area contributed by atoms with Gasteiger partial charge in [0.05, 0.1) is 4.90 Å². The Morgan fingerprint density at radius 2 is 1.91 bits per heavy atom. The van der Waals surface area contributed by atoms with Gasteiger partial charge < -0.3 is 5.32 Å². The van der Waals surface area contributed by atoms with E-state index in [1.54, 1.807) is 12.1 Å². The largest absolute Gasteiger partial charge is 0.326 e. The van der Waals surface area contributed by atoms with Crippen LogP contribution in [-0.4, -0.2) is 14.3 Å². The van der Waals surface area contributed by atoms with E-state index in [9.17, 15) is 13.2 Å². The molecular weight excluding hydrogens is 320 g/mol. The molecule has 1 heterocycles. The van der Waals surface area contributed by atoms with Crippen LogP contribution in [0.25, 0.3) is 0 Å². The van der Waals surface area contributed by atoms with Gasteiger partial charge in [-0.15, -0.1) is 0 Å². The summed E-state index contributed by atoms with van der Waals surface area (Å²) in [5, 5.41) is 6.52. The Morgan fingerprint density at radius 1 is 1.18 bits per heavy atom. The summed E-state index contributed by atoms with van der Waals surface area (Å²) in [6.45, 7) is 2.19. The van der Waals surface area contributed by atoms with Crippen molar-refractivity contribution in [1.82, 2.24) is 4.72 Å². The SMILES string of the molecule is CCCC(=O)Nc1ccc(S(=O)(=O)NCc2ccsc2)cc1. The first kappa shape index (κ1) is 16.7. The summed E-state index contributed by atoms with van der Waals surface area (Å²) >= 11 is 1.52. The molecule has 22 heavy (non-hydrogen) atoms. The zero-order chi connectivity index (χ0) is 16.0. The summed E-state index contributed by atoms with van der Waals surface area (Å²) in [6.07, 6.45) is 1.22. The zero-order valence-corrected chi connectivity index (χ0v) is 13.8. The fourth-order valence-electron chi connectivity index (χ4n) is 1.82. The molecule has 0 saturated heterocycles. The van der Waals surface area contributed by atoms with E-state index in [1.807, 2.05) is 23.8 Å². The van der Waals surface area contributed by atoms with Gasteiger partial charge in [0, 0.05) is 18.7 Å². The highest BCUT2D eigenvalue weighted by Gasteiger charge is 2.13. The topological polar surface area (TPSA) is 75.3 Å². The molecule has 0 aliphatic carbocycles. The number of sulfonamides is 1. The Labute approximate surface area is 134 Å². The van der Waals surface area contributed by atoms with Crippen LogP contribution in [0, 0.1) is 0 Å². The van der Waals surface area contributed by atoms with Crippen molar-refractivity contribution >= 4 is 33.0 Å². The molecule has 0 saturated carbocycles. The van der Waals surface area contributed by atoms with Crippen LogP contribution in [0.2, 0.25) is 0 Å². The molecule has 0 aliphatic rings. The van der Waals surface area contributed by atoms with E-state index >= 15 is 0 Å². The van der Waals surface area contributed by atoms with Crippen molar-refractivity contribution in [3.8, 4) is 0 Å². The summed E-state index contributed by atoms with van der Waals surface area (Å²) in [5.74, 6) is -0.0753. The Balaban J connectivity index is 2.00. The van der Waals surface area contributed by atoms with Gasteiger partial charge in [0.15, 0.2) is 0 Å². The summed E-state index contributed by atoms with van der Waals surface area (Å²) < 4.78 is 26.9. The second-order valence-electron chi connectivity index (χ2n) is 4.78. The smallest absolute Gasteiger partial charge is 0.240 e. The number of anilines is 1. The minimum Gasteiger partial charge on any atom is -0.326 e. The highest BCUT2D eigenvalue weighted by atomic mass is 32.2. The van der Waals surface area contributed by atoms with E-state index < -0.39 is 10.0 Å². The molecule has 118 valence electrons. The average Bonchev–Trinajstić information content (AvgIpc) is 2.99. The number of carbonyl (C=O) groups excluding carboxylic acids is 1. The molecule has 0 atom stereocenters. The fraction of sp³-hybridized carbons (Fsp3) is 0.267. The minimum absolute atomic E-state index is 0.0753. The molecule has 1 aromatic heterocycles. The number of hydrogen-bond donors (Lipinski definition) is 2. The second kappa shape index (κ2) is 7.53. The number of thiophene rings is 1. The van der Waals surface area contributed by atoms with Gasteiger partial charge in [0.2, 0.25) is 15.9 Å². The normalized spacial score (nSPS) is 11.3. The van der Waals surface area contributed by atoms with Crippen LogP contribution in [0.5, 0.6) is 0 Å². The van der Waals surface area contributed by atoms with Crippen molar-refractivity contribution in [3.63, 3.8) is 0 Å². The third-order valence-corrected chi connectivity index (χ3v) is 5.12. The molecule has 0 aliphatic heterocycles. The van der Waals surface area contributed by atoms with Crippen LogP contribution in [0.15, 0.2) is 46.0 Å². The molecule has 2 rings (SSSR count). The maximum Gasteiger partial charge on any atom is 0.240 e. The molecule has 5 nitrogen and oxygen atoms in total. The summed E-state index contributed by atoms with van der Waals surface area (Å²) in [4.78, 5) is 11.7. The number of rotatable bonds is 7. The number of amides is 1. The predicted molar refractivity (Wildman–Crippen MR) is 88.3 cm³/mol. The van der Waals surface area contributed by atoms with Crippen molar-refractivity contribution in [2.45, 2.75) is 31.2 Å². The predicted octanol–water partition coefficient (Wildman–Crippen LogP) is 2.97. The van der Waals surface area contributed by atoms with Crippen molar-refractivity contribution < 1.29 is 13.2 Å². The molecule has 2 N–H and O–H groups in total. The van der Waals surface area contributed by atoms with Gasteiger partial charge in [-0.3, -0.25) is 4.79 Å². The van der Waals surface area contributed by atoms with Crippen LogP contribution in [0.1, 0.15) is 25.3 Å². The average molecular weight is 338 g/mol. The second-order valence-corrected chi connectivity index (χ2v) is 7.33. The van der Waals surface area contributed by atoms with Gasteiger partial charge >= 0.3 is 0 Å². The quantitative estimate of drug-likeness (QED) is 0.815. The Hall–Kier alpha value is -1.70. The van der Waals surface area contributed by atoms with Crippen LogP contribution in [-0.2, 0) is 21.4 Å². The summed E-state index contributed by atoms with van der Waals surface area (Å²) in [7, 11) is -3.55. The van der Waals surface area contributed by atoms with Crippen LogP contribution < -0.4 is 10.0 Å². The van der Waals surface area contributed by atoms with Gasteiger partial charge in [0.1, 0.15) is 0 Å². The minimum atomic E-state index is -3.55. The molecule has 0 fully saturated rings. The van der Waals surface area contributed by atoms with Crippen molar-refractivity contribution in [2.24, 2.45) is 0 Å². The number of hydrogen-bond acceptors (Lipinski definition) is 4. The molecule has 0 radical (unpaired) electrons. The number of nitrogens with one attached hydrogen (secondary N) is 2. The van der Waals surface area contributed by atoms with E-state index in [2.05, 4.69) is 10.0 Å². The van der Waals surface area contributed by atoms with Gasteiger partial charge in [-0.2, -0.15) is 11.3 Å². The summed E-state index contributed by atoms with van der Waals surface area (Å²) in [6, 6.07) is 8.02. The first-order valence-corrected chi connectivity index (χ1v) is 9.34. The van der Waals surface area contributed by atoms with Gasteiger partial charge in [0.25, 0.3) is 0 Å². The first-order valence-electron chi connectivity index (χ1n) is 6.92. The lowest BCUT2D eigenvalue weighted by molar-refractivity contribution is -0.116. The molecule has 7 heteroatoms. The number of carbonyl (C=O) groups is 1. The van der Waals surface area contributed by atoms with Crippen LogP contribution >= 0.6 is 11.3 Å². The van der Waals surface area contributed by atoms with E-state index in [-0.39, 0.29) is 17.3 Å². The Morgan fingerprint density at radius 3 is 2.50 bits per heavy atom. The Bertz CT molecular complexity index is 708. The molecule has 2 aromatic rings. The van der Waals surface area contributed by atoms with Gasteiger partial charge in [-0.25, -0.2) is 13.1 Å². The lowest BCUT2D eigenvalue weighted by Crippen LogP contribution is -2.23. The van der Waals surface area contributed by atoms with Crippen LogP contribution in [0.3, 0.4) is 0 Å². The highest BCUT2D eigenvalue weighted by Crippen LogP contribution is 2.15. The van der Waals surface area contributed by atoms with Gasteiger partial charge in [-0.05, 0) is 53.1 Å². The summed E-state index contributed by atoms with van der Waals surface area (Å²) in [5.41, 5.74) is 1.52. The van der Waals surface area contributed by atoms with Crippen molar-refractivity contribution in [2.75, 3.05) is 5.32 Å².